The molecule has 0 aromatic carbocycles. The fraction of sp³-hybridized carbons (Fsp3) is 1.00. The van der Waals surface area contributed by atoms with Crippen molar-refractivity contribution in [2.45, 2.75) is 63.5 Å². The second-order valence-corrected chi connectivity index (χ2v) is 7.82. The van der Waals surface area contributed by atoms with Crippen LogP contribution in [0.4, 0.5) is 0 Å². The first-order chi connectivity index (χ1) is 6.80. The highest BCUT2D eigenvalue weighted by Gasteiger charge is 2.65. The van der Waals surface area contributed by atoms with Crippen LogP contribution in [-0.2, 0) is 0 Å². The molecule has 4 rings (SSSR count). The first-order valence-electron chi connectivity index (χ1n) is 5.91. The van der Waals surface area contributed by atoms with E-state index in [9.17, 15) is 5.11 Å². The molecule has 2 unspecified atom stereocenters. The van der Waals surface area contributed by atoms with Crippen molar-refractivity contribution in [1.82, 2.24) is 3.53 Å². The average Bonchev–Trinajstić information content (AvgIpc) is 1.94. The lowest BCUT2D eigenvalue weighted by Gasteiger charge is -2.67. The highest BCUT2D eigenvalue weighted by molar-refractivity contribution is 14.1. The molecule has 2 atom stereocenters. The number of nitrogens with one attached hydrogen (secondary N) is 1. The first-order valence-corrected chi connectivity index (χ1v) is 6.98. The number of hydrogen-bond acceptors (Lipinski definition) is 2. The minimum Gasteiger partial charge on any atom is -0.390 e. The molecule has 0 heterocycles. The summed E-state index contributed by atoms with van der Waals surface area (Å²) in [6.45, 7) is 4.74. The van der Waals surface area contributed by atoms with Crippen LogP contribution in [0.2, 0.25) is 0 Å². The molecular weight excluding hydrogens is 336 g/mol. The van der Waals surface area contributed by atoms with Crippen molar-refractivity contribution < 1.29 is 5.11 Å². The summed E-state index contributed by atoms with van der Waals surface area (Å²) in [6, 6.07) is 0. The predicted octanol–water partition coefficient (Wildman–Crippen LogP) is 3.21. The minimum atomic E-state index is -0.379. The Morgan fingerprint density at radius 1 is 0.938 bits per heavy atom. The van der Waals surface area contributed by atoms with Gasteiger partial charge in [-0.25, -0.2) is 0 Å². The normalized spacial score (nSPS) is 58.5. The van der Waals surface area contributed by atoms with Gasteiger partial charge in [0.05, 0.1) is 5.60 Å². The molecule has 0 aromatic heterocycles. The van der Waals surface area contributed by atoms with Crippen LogP contribution in [0.25, 0.3) is 0 Å². The van der Waals surface area contributed by atoms with E-state index < -0.39 is 0 Å². The Bertz CT molecular complexity index is 269. The molecule has 4 aliphatic rings. The van der Waals surface area contributed by atoms with Gasteiger partial charge >= 0.3 is 0 Å². The van der Waals surface area contributed by atoms with Gasteiger partial charge in [0.15, 0.2) is 0 Å². The zero-order chi connectivity index (χ0) is 10.9. The number of hydrogen-bond donors (Lipinski definition) is 2. The minimum absolute atomic E-state index is 0. The molecule has 94 valence electrons. The quantitative estimate of drug-likeness (QED) is 0.558. The average molecular weight is 358 g/mol. The van der Waals surface area contributed by atoms with E-state index in [1.807, 2.05) is 0 Å². The van der Waals surface area contributed by atoms with Crippen molar-refractivity contribution in [1.29, 1.82) is 0 Å². The van der Waals surface area contributed by atoms with Crippen LogP contribution in [0.5, 0.6) is 0 Å². The van der Waals surface area contributed by atoms with E-state index in [1.165, 1.54) is 19.3 Å². The Hall–Kier alpha value is 0.940. The summed E-state index contributed by atoms with van der Waals surface area (Å²) in [6.07, 6.45) is 6.82. The number of halogens is 2. The second kappa shape index (κ2) is 3.49. The number of aliphatic hydroxyl groups is 1. The Kier molecular flexibility index (Phi) is 2.92. The van der Waals surface area contributed by atoms with Crippen LogP contribution in [0, 0.1) is 10.8 Å². The van der Waals surface area contributed by atoms with Gasteiger partial charge in [-0.15, -0.1) is 12.4 Å². The van der Waals surface area contributed by atoms with Gasteiger partial charge in [0.25, 0.3) is 0 Å². The predicted molar refractivity (Wildman–Crippen MR) is 76.0 cm³/mol. The largest absolute Gasteiger partial charge is 0.390 e. The van der Waals surface area contributed by atoms with E-state index in [4.69, 9.17) is 0 Å². The molecule has 4 heteroatoms. The Morgan fingerprint density at radius 2 is 1.44 bits per heavy atom. The van der Waals surface area contributed by atoms with Crippen molar-refractivity contribution in [3.63, 3.8) is 0 Å². The first kappa shape index (κ1) is 13.4. The standard InChI is InChI=1S/C12H20INO.ClH/c1-9-3-10(2)5-11(4-9,14-13)8-12(15,6-9)7-10;/h14-15H,3-8H2,1-2H3;1H. The molecule has 4 aliphatic carbocycles. The van der Waals surface area contributed by atoms with Crippen LogP contribution in [0.3, 0.4) is 0 Å². The van der Waals surface area contributed by atoms with E-state index >= 15 is 0 Å². The zero-order valence-corrected chi connectivity index (χ0v) is 13.0. The molecule has 16 heavy (non-hydrogen) atoms. The van der Waals surface area contributed by atoms with Crippen LogP contribution < -0.4 is 3.53 Å². The van der Waals surface area contributed by atoms with Gasteiger partial charge in [0.2, 0.25) is 0 Å². The van der Waals surface area contributed by atoms with Crippen LogP contribution >= 0.6 is 35.3 Å². The summed E-state index contributed by atoms with van der Waals surface area (Å²) < 4.78 is 3.50. The summed E-state index contributed by atoms with van der Waals surface area (Å²) in [7, 11) is 0. The van der Waals surface area contributed by atoms with E-state index in [0.717, 1.165) is 19.3 Å². The highest BCUT2D eigenvalue weighted by atomic mass is 127. The summed E-state index contributed by atoms with van der Waals surface area (Å²) in [5, 5.41) is 10.7. The molecular formula is C12H21ClINO. The monoisotopic (exact) mass is 357 g/mol. The van der Waals surface area contributed by atoms with Gasteiger partial charge in [0, 0.05) is 28.4 Å². The maximum atomic E-state index is 10.7. The number of rotatable bonds is 1. The molecule has 0 amide bonds. The molecule has 2 nitrogen and oxygen atoms in total. The third-order valence-electron chi connectivity index (χ3n) is 4.76. The van der Waals surface area contributed by atoms with Gasteiger partial charge in [-0.1, -0.05) is 13.8 Å². The molecule has 0 saturated heterocycles. The van der Waals surface area contributed by atoms with Gasteiger partial charge < -0.3 is 5.11 Å². The molecule has 0 radical (unpaired) electrons. The summed E-state index contributed by atoms with van der Waals surface area (Å²) in [5.41, 5.74) is 0.580. The maximum absolute atomic E-state index is 10.7. The van der Waals surface area contributed by atoms with Gasteiger partial charge in [-0.05, 0) is 49.4 Å². The van der Waals surface area contributed by atoms with Crippen molar-refractivity contribution in [3.8, 4) is 0 Å². The highest BCUT2D eigenvalue weighted by Crippen LogP contribution is 2.67. The SMILES string of the molecule is CC12CC3(C)CC(O)(C1)CC(NI)(C2)C3.Cl. The third kappa shape index (κ3) is 1.82. The van der Waals surface area contributed by atoms with Gasteiger partial charge in [-0.3, -0.25) is 3.53 Å². The van der Waals surface area contributed by atoms with Crippen LogP contribution in [0.15, 0.2) is 0 Å². The van der Waals surface area contributed by atoms with Crippen LogP contribution in [-0.4, -0.2) is 16.2 Å². The molecule has 4 fully saturated rings. The molecule has 4 bridgehead atoms. The summed E-state index contributed by atoms with van der Waals surface area (Å²) in [5.74, 6) is 0. The lowest BCUT2D eigenvalue weighted by molar-refractivity contribution is -0.198. The van der Waals surface area contributed by atoms with Gasteiger partial charge in [0.1, 0.15) is 0 Å². The van der Waals surface area contributed by atoms with Crippen LogP contribution in [0.1, 0.15) is 52.4 Å². The third-order valence-corrected chi connectivity index (χ3v) is 5.91. The molecule has 4 saturated carbocycles. The molecule has 0 aliphatic heterocycles. The maximum Gasteiger partial charge on any atom is 0.0676 e. The summed E-state index contributed by atoms with van der Waals surface area (Å²) in [4.78, 5) is 0. The molecule has 2 N–H and O–H groups in total. The molecule has 0 spiro atoms. The lowest BCUT2D eigenvalue weighted by Crippen LogP contribution is -2.68. The Balaban J connectivity index is 0.000000963. The zero-order valence-electron chi connectivity index (χ0n) is 9.98. The summed E-state index contributed by atoms with van der Waals surface area (Å²) >= 11 is 2.29. The molecule has 0 aromatic rings. The smallest absolute Gasteiger partial charge is 0.0676 e. The van der Waals surface area contributed by atoms with Gasteiger partial charge in [-0.2, -0.15) is 0 Å². The second-order valence-electron chi connectivity index (χ2n) is 7.28. The van der Waals surface area contributed by atoms with E-state index in [1.54, 1.807) is 0 Å². The van der Waals surface area contributed by atoms with Crippen molar-refractivity contribution in [2.24, 2.45) is 10.8 Å². The fourth-order valence-corrected chi connectivity index (χ4v) is 6.31. The fourth-order valence-electron chi connectivity index (χ4n) is 5.73. The van der Waals surface area contributed by atoms with E-state index in [-0.39, 0.29) is 23.5 Å². The Labute approximate surface area is 118 Å². The van der Waals surface area contributed by atoms with E-state index in [0.29, 0.717) is 10.8 Å². The lowest BCUT2D eigenvalue weighted by atomic mass is 9.41. The van der Waals surface area contributed by atoms with Crippen molar-refractivity contribution in [2.75, 3.05) is 0 Å². The topological polar surface area (TPSA) is 32.3 Å². The van der Waals surface area contributed by atoms with E-state index in [2.05, 4.69) is 40.2 Å². The van der Waals surface area contributed by atoms with Crippen molar-refractivity contribution >= 4 is 35.3 Å². The van der Waals surface area contributed by atoms with Crippen molar-refractivity contribution in [3.05, 3.63) is 0 Å². The Morgan fingerprint density at radius 3 is 1.81 bits per heavy atom.